The van der Waals surface area contributed by atoms with Crippen LogP contribution in [0.3, 0.4) is 0 Å². The third-order valence-electron chi connectivity index (χ3n) is 4.43. The first-order valence-corrected chi connectivity index (χ1v) is 8.48. The summed E-state index contributed by atoms with van der Waals surface area (Å²) in [6.45, 7) is 3.16. The highest BCUT2D eigenvalue weighted by Gasteiger charge is 2.23. The van der Waals surface area contributed by atoms with Crippen molar-refractivity contribution < 1.29 is 0 Å². The summed E-state index contributed by atoms with van der Waals surface area (Å²) < 4.78 is 0. The Hall–Kier alpha value is -0.610. The minimum Gasteiger partial charge on any atom is -0.348 e. The van der Waals surface area contributed by atoms with Crippen LogP contribution in [0, 0.1) is 6.92 Å². The van der Waals surface area contributed by atoms with Gasteiger partial charge in [-0.15, -0.1) is 11.3 Å². The van der Waals surface area contributed by atoms with Crippen LogP contribution in [-0.4, -0.2) is 24.1 Å². The Morgan fingerprint density at radius 2 is 1.95 bits per heavy atom. The molecule has 1 aromatic rings. The van der Waals surface area contributed by atoms with Crippen LogP contribution in [0.15, 0.2) is 0 Å². The van der Waals surface area contributed by atoms with Gasteiger partial charge in [0, 0.05) is 30.6 Å². The zero-order chi connectivity index (χ0) is 13.2. The minimum absolute atomic E-state index is 0.712. The lowest BCUT2D eigenvalue weighted by atomic mass is 9.95. The number of aromatic nitrogens is 1. The first-order chi connectivity index (χ1) is 9.24. The van der Waals surface area contributed by atoms with Crippen LogP contribution in [0.25, 0.3) is 0 Å². The predicted octanol–water partition coefficient (Wildman–Crippen LogP) is 3.47. The zero-order valence-corrected chi connectivity index (χ0v) is 12.9. The van der Waals surface area contributed by atoms with Gasteiger partial charge in [0.1, 0.15) is 0 Å². The average molecular weight is 279 g/mol. The second kappa shape index (κ2) is 5.80. The fourth-order valence-electron chi connectivity index (χ4n) is 2.88. The lowest BCUT2D eigenvalue weighted by Crippen LogP contribution is -2.33. The SMILES string of the molecule is Cc1nc(N(C)C2CCCCC2)sc1CNC1CC1. The van der Waals surface area contributed by atoms with E-state index in [2.05, 4.69) is 24.2 Å². The molecule has 1 aromatic heterocycles. The van der Waals surface area contributed by atoms with Crippen molar-refractivity contribution in [3.05, 3.63) is 10.6 Å². The number of hydrogen-bond donors (Lipinski definition) is 1. The van der Waals surface area contributed by atoms with Gasteiger partial charge < -0.3 is 10.2 Å². The van der Waals surface area contributed by atoms with Crippen LogP contribution in [-0.2, 0) is 6.54 Å². The summed E-state index contributed by atoms with van der Waals surface area (Å²) in [5.74, 6) is 0. The highest BCUT2D eigenvalue weighted by molar-refractivity contribution is 7.15. The predicted molar refractivity (Wildman–Crippen MR) is 82.0 cm³/mol. The van der Waals surface area contributed by atoms with E-state index in [4.69, 9.17) is 4.98 Å². The van der Waals surface area contributed by atoms with E-state index in [9.17, 15) is 0 Å². The van der Waals surface area contributed by atoms with Crippen LogP contribution in [0.2, 0.25) is 0 Å². The molecule has 0 unspecified atom stereocenters. The molecular weight excluding hydrogens is 254 g/mol. The number of rotatable bonds is 5. The molecule has 0 spiro atoms. The maximum absolute atomic E-state index is 4.79. The van der Waals surface area contributed by atoms with Crippen molar-refractivity contribution >= 4 is 16.5 Å². The average Bonchev–Trinajstić information content (AvgIpc) is 3.20. The van der Waals surface area contributed by atoms with Crippen LogP contribution in [0.5, 0.6) is 0 Å². The van der Waals surface area contributed by atoms with Crippen molar-refractivity contribution in [1.29, 1.82) is 0 Å². The Morgan fingerprint density at radius 3 is 2.63 bits per heavy atom. The highest BCUT2D eigenvalue weighted by atomic mass is 32.1. The molecule has 2 aliphatic rings. The van der Waals surface area contributed by atoms with E-state index in [0.717, 1.165) is 12.6 Å². The molecular formula is C15H25N3S. The lowest BCUT2D eigenvalue weighted by molar-refractivity contribution is 0.427. The van der Waals surface area contributed by atoms with Gasteiger partial charge in [-0.05, 0) is 32.6 Å². The second-order valence-electron chi connectivity index (χ2n) is 6.06. The molecule has 2 fully saturated rings. The zero-order valence-electron chi connectivity index (χ0n) is 12.1. The topological polar surface area (TPSA) is 28.2 Å². The second-order valence-corrected chi connectivity index (χ2v) is 7.13. The summed E-state index contributed by atoms with van der Waals surface area (Å²) in [5.41, 5.74) is 1.22. The van der Waals surface area contributed by atoms with Crippen molar-refractivity contribution in [2.45, 2.75) is 70.5 Å². The highest BCUT2D eigenvalue weighted by Crippen LogP contribution is 2.31. The standard InChI is InChI=1S/C15H25N3S/c1-11-14(10-16-12-8-9-12)19-15(17-11)18(2)13-6-4-3-5-7-13/h12-13,16H,3-10H2,1-2H3. The van der Waals surface area contributed by atoms with Gasteiger partial charge in [-0.3, -0.25) is 0 Å². The first kappa shape index (κ1) is 13.4. The quantitative estimate of drug-likeness (QED) is 0.894. The molecule has 1 N–H and O–H groups in total. The summed E-state index contributed by atoms with van der Waals surface area (Å²) >= 11 is 1.88. The van der Waals surface area contributed by atoms with Gasteiger partial charge >= 0.3 is 0 Å². The van der Waals surface area contributed by atoms with Gasteiger partial charge in [-0.2, -0.15) is 0 Å². The molecule has 4 heteroatoms. The molecule has 1 heterocycles. The Balaban J connectivity index is 1.63. The maximum Gasteiger partial charge on any atom is 0.185 e. The molecule has 0 amide bonds. The van der Waals surface area contributed by atoms with E-state index in [0.29, 0.717) is 6.04 Å². The van der Waals surface area contributed by atoms with Crippen molar-refractivity contribution in [2.24, 2.45) is 0 Å². The molecule has 0 aromatic carbocycles. The van der Waals surface area contributed by atoms with Crippen LogP contribution in [0.4, 0.5) is 5.13 Å². The van der Waals surface area contributed by atoms with Crippen LogP contribution in [0.1, 0.15) is 55.5 Å². The summed E-state index contributed by atoms with van der Waals surface area (Å²) in [7, 11) is 2.23. The summed E-state index contributed by atoms with van der Waals surface area (Å²) in [5, 5.41) is 4.82. The summed E-state index contributed by atoms with van der Waals surface area (Å²) in [6, 6.07) is 1.49. The van der Waals surface area contributed by atoms with Gasteiger partial charge in [0.2, 0.25) is 0 Å². The Bertz CT molecular complexity index is 419. The third kappa shape index (κ3) is 3.29. The third-order valence-corrected chi connectivity index (χ3v) is 5.68. The first-order valence-electron chi connectivity index (χ1n) is 7.66. The van der Waals surface area contributed by atoms with E-state index >= 15 is 0 Å². The summed E-state index contributed by atoms with van der Waals surface area (Å²) in [4.78, 5) is 8.64. The molecule has 2 saturated carbocycles. The number of thiazole rings is 1. The number of anilines is 1. The number of nitrogens with one attached hydrogen (secondary N) is 1. The van der Waals surface area contributed by atoms with Gasteiger partial charge in [-0.1, -0.05) is 19.3 Å². The molecule has 3 rings (SSSR count). The maximum atomic E-state index is 4.79. The van der Waals surface area contributed by atoms with Crippen molar-refractivity contribution in [2.75, 3.05) is 11.9 Å². The van der Waals surface area contributed by atoms with Crippen molar-refractivity contribution in [1.82, 2.24) is 10.3 Å². The van der Waals surface area contributed by atoms with Crippen LogP contribution >= 0.6 is 11.3 Å². The number of nitrogens with zero attached hydrogens (tertiary/aromatic N) is 2. The van der Waals surface area contributed by atoms with E-state index in [-0.39, 0.29) is 0 Å². The summed E-state index contributed by atoms with van der Waals surface area (Å²) in [6.07, 6.45) is 9.57. The smallest absolute Gasteiger partial charge is 0.185 e. The molecule has 0 bridgehead atoms. The van der Waals surface area contributed by atoms with Gasteiger partial charge in [-0.25, -0.2) is 4.98 Å². The fourth-order valence-corrected chi connectivity index (χ4v) is 3.92. The van der Waals surface area contributed by atoms with Crippen molar-refractivity contribution in [3.8, 4) is 0 Å². The minimum atomic E-state index is 0.712. The van der Waals surface area contributed by atoms with Gasteiger partial charge in [0.25, 0.3) is 0 Å². The molecule has 0 aliphatic heterocycles. The van der Waals surface area contributed by atoms with E-state index < -0.39 is 0 Å². The molecule has 19 heavy (non-hydrogen) atoms. The number of aryl methyl sites for hydroxylation is 1. The number of hydrogen-bond acceptors (Lipinski definition) is 4. The Morgan fingerprint density at radius 1 is 1.21 bits per heavy atom. The largest absolute Gasteiger partial charge is 0.348 e. The lowest BCUT2D eigenvalue weighted by Gasteiger charge is -2.30. The van der Waals surface area contributed by atoms with E-state index in [1.54, 1.807) is 0 Å². The van der Waals surface area contributed by atoms with Crippen LogP contribution < -0.4 is 10.2 Å². The molecule has 3 nitrogen and oxygen atoms in total. The monoisotopic (exact) mass is 279 g/mol. The molecule has 0 atom stereocenters. The fraction of sp³-hybridized carbons (Fsp3) is 0.800. The molecule has 0 saturated heterocycles. The normalized spacial score (nSPS) is 20.7. The van der Waals surface area contributed by atoms with E-state index in [1.807, 2.05) is 11.3 Å². The Kier molecular flexibility index (Phi) is 4.08. The molecule has 2 aliphatic carbocycles. The van der Waals surface area contributed by atoms with Crippen molar-refractivity contribution in [3.63, 3.8) is 0 Å². The van der Waals surface area contributed by atoms with E-state index in [1.165, 1.54) is 60.6 Å². The van der Waals surface area contributed by atoms with Gasteiger partial charge in [0.15, 0.2) is 5.13 Å². The molecule has 0 radical (unpaired) electrons. The molecule has 106 valence electrons. The van der Waals surface area contributed by atoms with Gasteiger partial charge in [0.05, 0.1) is 5.69 Å². The Labute approximate surface area is 120 Å².